The molecule has 18 heavy (non-hydrogen) atoms. The molecule has 1 aromatic heterocycles. The Morgan fingerprint density at radius 3 is 2.50 bits per heavy atom. The lowest BCUT2D eigenvalue weighted by Gasteiger charge is -2.25. The Hall–Kier alpha value is -0.620. The van der Waals surface area contributed by atoms with Crippen LogP contribution in [0.1, 0.15) is 57.4 Å². The zero-order valence-corrected chi connectivity index (χ0v) is 11.5. The Bertz CT molecular complexity index is 380. The predicted molar refractivity (Wildman–Crippen MR) is 71.4 cm³/mol. The van der Waals surface area contributed by atoms with Gasteiger partial charge in [-0.15, -0.1) is 5.10 Å². The number of nitrogens with two attached hydrogens (primary N) is 1. The van der Waals surface area contributed by atoms with Crippen LogP contribution in [0.5, 0.6) is 0 Å². The van der Waals surface area contributed by atoms with Crippen LogP contribution in [0.25, 0.3) is 0 Å². The summed E-state index contributed by atoms with van der Waals surface area (Å²) in [5.41, 5.74) is 5.95. The van der Waals surface area contributed by atoms with Crippen molar-refractivity contribution < 1.29 is 0 Å². The molecule has 5 nitrogen and oxygen atoms in total. The van der Waals surface area contributed by atoms with Crippen molar-refractivity contribution in [3.05, 3.63) is 0 Å². The van der Waals surface area contributed by atoms with E-state index in [2.05, 4.69) is 20.2 Å². The van der Waals surface area contributed by atoms with E-state index in [4.69, 9.17) is 5.73 Å². The fraction of sp³-hybridized carbons (Fsp3) is 0.917. The molecule has 2 aliphatic rings. The average Bonchev–Trinajstić information content (AvgIpc) is 3.02. The largest absolute Gasteiger partial charge is 0.328 e. The average molecular weight is 267 g/mol. The van der Waals surface area contributed by atoms with Crippen LogP contribution in [-0.4, -0.2) is 31.5 Å². The topological polar surface area (TPSA) is 69.6 Å². The number of hydrogen-bond donors (Lipinski definition) is 1. The number of thioether (sulfide) groups is 1. The van der Waals surface area contributed by atoms with Crippen LogP contribution in [0.3, 0.4) is 0 Å². The van der Waals surface area contributed by atoms with Crippen LogP contribution in [0.4, 0.5) is 0 Å². The molecule has 0 aliphatic heterocycles. The van der Waals surface area contributed by atoms with Crippen molar-refractivity contribution in [3.8, 4) is 0 Å². The SMILES string of the molecule is NC1CCC(Sc2nnnn2C2CCCC2)CC1. The van der Waals surface area contributed by atoms with Gasteiger partial charge < -0.3 is 5.73 Å². The summed E-state index contributed by atoms with van der Waals surface area (Å²) >= 11 is 1.86. The van der Waals surface area contributed by atoms with Crippen LogP contribution >= 0.6 is 11.8 Å². The number of tetrazole rings is 1. The van der Waals surface area contributed by atoms with Gasteiger partial charge in [0.05, 0.1) is 6.04 Å². The third kappa shape index (κ3) is 2.69. The smallest absolute Gasteiger partial charge is 0.209 e. The molecule has 2 saturated carbocycles. The minimum absolute atomic E-state index is 0.410. The number of nitrogens with zero attached hydrogens (tertiary/aromatic N) is 4. The minimum Gasteiger partial charge on any atom is -0.328 e. The summed E-state index contributed by atoms with van der Waals surface area (Å²) in [4.78, 5) is 0. The zero-order valence-electron chi connectivity index (χ0n) is 10.7. The van der Waals surface area contributed by atoms with Gasteiger partial charge in [0.15, 0.2) is 0 Å². The van der Waals surface area contributed by atoms with Crippen molar-refractivity contribution in [2.45, 2.75) is 73.9 Å². The summed E-state index contributed by atoms with van der Waals surface area (Å²) in [6, 6.07) is 0.945. The van der Waals surface area contributed by atoms with E-state index in [1.54, 1.807) is 0 Å². The minimum atomic E-state index is 0.410. The van der Waals surface area contributed by atoms with Gasteiger partial charge in [-0.3, -0.25) is 0 Å². The van der Waals surface area contributed by atoms with Gasteiger partial charge in [0, 0.05) is 11.3 Å². The summed E-state index contributed by atoms with van der Waals surface area (Å²) in [6.07, 6.45) is 9.76. The molecule has 0 saturated heterocycles. The molecule has 2 aliphatic carbocycles. The molecular formula is C12H21N5S. The second kappa shape index (κ2) is 5.57. The molecule has 3 rings (SSSR count). The van der Waals surface area contributed by atoms with E-state index in [-0.39, 0.29) is 0 Å². The van der Waals surface area contributed by atoms with Gasteiger partial charge >= 0.3 is 0 Å². The number of hydrogen-bond acceptors (Lipinski definition) is 5. The second-order valence-corrected chi connectivity index (χ2v) is 6.77. The Balaban J connectivity index is 1.64. The van der Waals surface area contributed by atoms with Crippen LogP contribution in [0.15, 0.2) is 5.16 Å². The van der Waals surface area contributed by atoms with Gasteiger partial charge in [0.2, 0.25) is 5.16 Å². The third-order valence-corrected chi connectivity index (χ3v) is 5.41. The molecule has 0 spiro atoms. The summed E-state index contributed by atoms with van der Waals surface area (Å²) in [5, 5.41) is 13.9. The van der Waals surface area contributed by atoms with Crippen molar-refractivity contribution >= 4 is 11.8 Å². The molecule has 0 bridgehead atoms. The molecule has 0 aromatic carbocycles. The summed E-state index contributed by atoms with van der Waals surface area (Å²) in [7, 11) is 0. The zero-order chi connectivity index (χ0) is 12.4. The van der Waals surface area contributed by atoms with Gasteiger partial charge in [-0.25, -0.2) is 4.68 Å². The number of rotatable bonds is 3. The van der Waals surface area contributed by atoms with Crippen molar-refractivity contribution in [2.75, 3.05) is 0 Å². The monoisotopic (exact) mass is 267 g/mol. The highest BCUT2D eigenvalue weighted by atomic mass is 32.2. The molecule has 1 heterocycles. The first kappa shape index (κ1) is 12.4. The van der Waals surface area contributed by atoms with E-state index in [0.29, 0.717) is 17.3 Å². The molecule has 0 atom stereocenters. The second-order valence-electron chi connectivity index (χ2n) is 5.50. The van der Waals surface area contributed by atoms with Gasteiger partial charge in [-0.1, -0.05) is 24.6 Å². The van der Waals surface area contributed by atoms with E-state index >= 15 is 0 Å². The normalized spacial score (nSPS) is 29.8. The molecule has 0 unspecified atom stereocenters. The molecule has 2 fully saturated rings. The molecule has 0 amide bonds. The first-order valence-corrected chi connectivity index (χ1v) is 7.91. The lowest BCUT2D eigenvalue weighted by Crippen LogP contribution is -2.27. The lowest BCUT2D eigenvalue weighted by molar-refractivity contribution is 0.419. The van der Waals surface area contributed by atoms with E-state index in [1.165, 1.54) is 38.5 Å². The van der Waals surface area contributed by atoms with E-state index in [9.17, 15) is 0 Å². The van der Waals surface area contributed by atoms with Gasteiger partial charge in [-0.05, 0) is 49.0 Å². The van der Waals surface area contributed by atoms with Crippen molar-refractivity contribution in [3.63, 3.8) is 0 Å². The fourth-order valence-electron chi connectivity index (χ4n) is 3.00. The van der Waals surface area contributed by atoms with Crippen LogP contribution in [0.2, 0.25) is 0 Å². The van der Waals surface area contributed by atoms with E-state index in [1.807, 2.05) is 11.8 Å². The Morgan fingerprint density at radius 1 is 1.06 bits per heavy atom. The van der Waals surface area contributed by atoms with Crippen molar-refractivity contribution in [1.29, 1.82) is 0 Å². The molecule has 0 radical (unpaired) electrons. The van der Waals surface area contributed by atoms with E-state index < -0.39 is 0 Å². The first-order chi connectivity index (χ1) is 8.83. The first-order valence-electron chi connectivity index (χ1n) is 7.03. The Labute approximate surface area is 112 Å². The maximum atomic E-state index is 5.95. The van der Waals surface area contributed by atoms with Crippen LogP contribution < -0.4 is 5.73 Å². The van der Waals surface area contributed by atoms with Gasteiger partial charge in [0.1, 0.15) is 0 Å². The third-order valence-electron chi connectivity index (χ3n) is 4.12. The summed E-state index contributed by atoms with van der Waals surface area (Å²) in [6.45, 7) is 0. The predicted octanol–water partition coefficient (Wildman–Crippen LogP) is 2.15. The molecule has 2 N–H and O–H groups in total. The maximum Gasteiger partial charge on any atom is 0.209 e. The molecular weight excluding hydrogens is 246 g/mol. The van der Waals surface area contributed by atoms with Gasteiger partial charge in [0.25, 0.3) is 0 Å². The summed E-state index contributed by atoms with van der Waals surface area (Å²) < 4.78 is 2.06. The maximum absolute atomic E-state index is 5.95. The molecule has 6 heteroatoms. The fourth-order valence-corrected chi connectivity index (χ4v) is 4.18. The van der Waals surface area contributed by atoms with Gasteiger partial charge in [-0.2, -0.15) is 0 Å². The van der Waals surface area contributed by atoms with Crippen molar-refractivity contribution in [2.24, 2.45) is 5.73 Å². The van der Waals surface area contributed by atoms with Crippen LogP contribution in [-0.2, 0) is 0 Å². The quantitative estimate of drug-likeness (QED) is 0.908. The van der Waals surface area contributed by atoms with E-state index in [0.717, 1.165) is 18.0 Å². The van der Waals surface area contributed by atoms with Crippen LogP contribution in [0, 0.1) is 0 Å². The molecule has 1 aromatic rings. The highest BCUT2D eigenvalue weighted by molar-refractivity contribution is 7.99. The standard InChI is InChI=1S/C12H21N5S/c13-9-5-7-11(8-6-9)18-12-14-15-16-17(12)10-3-1-2-4-10/h9-11H,1-8,13H2. The summed E-state index contributed by atoms with van der Waals surface area (Å²) in [5.74, 6) is 0. The Kier molecular flexibility index (Phi) is 3.84. The highest BCUT2D eigenvalue weighted by Crippen LogP contribution is 2.35. The number of aromatic nitrogens is 4. The lowest BCUT2D eigenvalue weighted by atomic mass is 9.96. The highest BCUT2D eigenvalue weighted by Gasteiger charge is 2.25. The molecule has 100 valence electrons. The van der Waals surface area contributed by atoms with Crippen molar-refractivity contribution in [1.82, 2.24) is 20.2 Å². The Morgan fingerprint density at radius 2 is 1.78 bits per heavy atom.